The summed E-state index contributed by atoms with van der Waals surface area (Å²) in [6, 6.07) is 16.1. The van der Waals surface area contributed by atoms with Crippen LogP contribution in [0.1, 0.15) is 18.9 Å². The smallest absolute Gasteiger partial charge is 0.214 e. The molecule has 1 saturated heterocycles. The highest BCUT2D eigenvalue weighted by Crippen LogP contribution is 2.23. The molecule has 2 atom stereocenters. The van der Waals surface area contributed by atoms with Crippen LogP contribution in [-0.4, -0.2) is 29.1 Å². The van der Waals surface area contributed by atoms with Gasteiger partial charge in [-0.3, -0.25) is 4.90 Å². The molecule has 0 bridgehead atoms. The van der Waals surface area contributed by atoms with Gasteiger partial charge in [0.15, 0.2) is 0 Å². The van der Waals surface area contributed by atoms with Crippen molar-refractivity contribution in [2.75, 3.05) is 13.1 Å². The number of hydrogen-bond acceptors (Lipinski definition) is 3. The SMILES string of the molecule is CC1CN(Cc2ccccc2)CCC1Oc1cccc(Cl)n1. The van der Waals surface area contributed by atoms with Crippen LogP contribution >= 0.6 is 11.6 Å². The Morgan fingerprint density at radius 3 is 2.73 bits per heavy atom. The number of likely N-dealkylation sites (tertiary alicyclic amines) is 1. The third-order valence-electron chi connectivity index (χ3n) is 4.12. The summed E-state index contributed by atoms with van der Waals surface area (Å²) in [5, 5.41) is 0.478. The Labute approximate surface area is 136 Å². The van der Waals surface area contributed by atoms with Crippen molar-refractivity contribution in [2.45, 2.75) is 26.0 Å². The molecule has 0 aliphatic carbocycles. The summed E-state index contributed by atoms with van der Waals surface area (Å²) in [5.41, 5.74) is 1.37. The van der Waals surface area contributed by atoms with Crippen LogP contribution in [0.3, 0.4) is 0 Å². The molecular formula is C18H21ClN2O. The first-order chi connectivity index (χ1) is 10.7. The van der Waals surface area contributed by atoms with Gasteiger partial charge < -0.3 is 4.74 Å². The van der Waals surface area contributed by atoms with Crippen molar-refractivity contribution in [1.29, 1.82) is 0 Å². The van der Waals surface area contributed by atoms with E-state index in [1.807, 2.05) is 12.1 Å². The van der Waals surface area contributed by atoms with Gasteiger partial charge in [0, 0.05) is 31.6 Å². The molecule has 22 heavy (non-hydrogen) atoms. The Kier molecular flexibility index (Phi) is 4.96. The standard InChI is InChI=1S/C18H21ClN2O/c1-14-12-21(13-15-6-3-2-4-7-15)11-10-16(14)22-18-9-5-8-17(19)20-18/h2-9,14,16H,10-13H2,1H3. The Balaban J connectivity index is 1.56. The Morgan fingerprint density at radius 1 is 1.18 bits per heavy atom. The minimum Gasteiger partial charge on any atom is -0.474 e. The molecule has 3 nitrogen and oxygen atoms in total. The highest BCUT2D eigenvalue weighted by Gasteiger charge is 2.27. The molecule has 1 aromatic heterocycles. The predicted octanol–water partition coefficient (Wildman–Crippen LogP) is 4.02. The summed E-state index contributed by atoms with van der Waals surface area (Å²) in [5.74, 6) is 1.10. The van der Waals surface area contributed by atoms with Gasteiger partial charge in [-0.25, -0.2) is 4.98 Å². The normalized spacial score (nSPS) is 22.5. The summed E-state index contributed by atoms with van der Waals surface area (Å²) in [7, 11) is 0. The van der Waals surface area contributed by atoms with E-state index >= 15 is 0 Å². The van der Waals surface area contributed by atoms with Crippen molar-refractivity contribution in [3.05, 3.63) is 59.2 Å². The molecule has 2 heterocycles. The van der Waals surface area contributed by atoms with Gasteiger partial charge in [0.25, 0.3) is 0 Å². The van der Waals surface area contributed by atoms with Crippen molar-refractivity contribution in [2.24, 2.45) is 5.92 Å². The number of halogens is 1. The van der Waals surface area contributed by atoms with Gasteiger partial charge in [-0.05, 0) is 18.1 Å². The molecule has 2 unspecified atom stereocenters. The highest BCUT2D eigenvalue weighted by molar-refractivity contribution is 6.29. The molecule has 0 spiro atoms. The maximum atomic E-state index is 6.02. The number of pyridine rings is 1. The van der Waals surface area contributed by atoms with E-state index in [1.54, 1.807) is 6.07 Å². The average Bonchev–Trinajstić information content (AvgIpc) is 2.51. The molecule has 4 heteroatoms. The van der Waals surface area contributed by atoms with Crippen LogP contribution < -0.4 is 4.74 Å². The van der Waals surface area contributed by atoms with Crippen LogP contribution in [0.4, 0.5) is 0 Å². The number of ether oxygens (including phenoxy) is 1. The lowest BCUT2D eigenvalue weighted by molar-refractivity contribution is 0.0461. The van der Waals surface area contributed by atoms with Crippen LogP contribution in [0.5, 0.6) is 5.88 Å². The Morgan fingerprint density at radius 2 is 2.00 bits per heavy atom. The molecule has 0 N–H and O–H groups in total. The van der Waals surface area contributed by atoms with Crippen LogP contribution in [0, 0.1) is 5.92 Å². The minimum atomic E-state index is 0.206. The second kappa shape index (κ2) is 7.12. The van der Waals surface area contributed by atoms with Crippen molar-refractivity contribution >= 4 is 11.6 Å². The molecule has 0 amide bonds. The third kappa shape index (κ3) is 3.99. The van der Waals surface area contributed by atoms with E-state index in [9.17, 15) is 0 Å². The average molecular weight is 317 g/mol. The molecule has 0 saturated carbocycles. The first kappa shape index (κ1) is 15.3. The van der Waals surface area contributed by atoms with Gasteiger partial charge in [-0.1, -0.05) is 54.9 Å². The van der Waals surface area contributed by atoms with Crippen molar-refractivity contribution in [1.82, 2.24) is 9.88 Å². The third-order valence-corrected chi connectivity index (χ3v) is 4.33. The molecule has 3 rings (SSSR count). The van der Waals surface area contributed by atoms with Crippen LogP contribution in [0.15, 0.2) is 48.5 Å². The number of rotatable bonds is 4. The van der Waals surface area contributed by atoms with Crippen LogP contribution in [0.2, 0.25) is 5.15 Å². The van der Waals surface area contributed by atoms with Gasteiger partial charge in [0.05, 0.1) is 0 Å². The van der Waals surface area contributed by atoms with E-state index in [1.165, 1.54) is 5.56 Å². The zero-order valence-corrected chi connectivity index (χ0v) is 13.5. The highest BCUT2D eigenvalue weighted by atomic mass is 35.5. The van der Waals surface area contributed by atoms with E-state index in [0.29, 0.717) is 17.0 Å². The lowest BCUT2D eigenvalue weighted by Gasteiger charge is -2.36. The molecule has 1 aromatic carbocycles. The molecule has 1 aliphatic heterocycles. The van der Waals surface area contributed by atoms with Gasteiger partial charge in [0.1, 0.15) is 11.3 Å². The predicted molar refractivity (Wildman–Crippen MR) is 89.2 cm³/mol. The lowest BCUT2D eigenvalue weighted by Crippen LogP contribution is -2.44. The monoisotopic (exact) mass is 316 g/mol. The van der Waals surface area contributed by atoms with Crippen LogP contribution in [-0.2, 0) is 6.54 Å². The fourth-order valence-corrected chi connectivity index (χ4v) is 3.14. The second-order valence-corrected chi connectivity index (χ2v) is 6.33. The largest absolute Gasteiger partial charge is 0.474 e. The van der Waals surface area contributed by atoms with Gasteiger partial charge >= 0.3 is 0 Å². The van der Waals surface area contributed by atoms with E-state index in [-0.39, 0.29) is 6.10 Å². The number of nitrogens with zero attached hydrogens (tertiary/aromatic N) is 2. The summed E-state index contributed by atoms with van der Waals surface area (Å²) >= 11 is 5.91. The van der Waals surface area contributed by atoms with Gasteiger partial charge in [0.2, 0.25) is 5.88 Å². The molecule has 1 aliphatic rings. The number of benzene rings is 1. The zero-order valence-electron chi connectivity index (χ0n) is 12.8. The first-order valence-corrected chi connectivity index (χ1v) is 8.14. The minimum absolute atomic E-state index is 0.206. The number of aromatic nitrogens is 1. The first-order valence-electron chi connectivity index (χ1n) is 7.76. The molecule has 2 aromatic rings. The van der Waals surface area contributed by atoms with Crippen molar-refractivity contribution < 1.29 is 4.74 Å². The summed E-state index contributed by atoms with van der Waals surface area (Å²) in [6.45, 7) is 5.34. The maximum Gasteiger partial charge on any atom is 0.214 e. The van der Waals surface area contributed by atoms with Gasteiger partial charge in [-0.15, -0.1) is 0 Å². The molecular weight excluding hydrogens is 296 g/mol. The Bertz CT molecular complexity index is 605. The molecule has 116 valence electrons. The summed E-state index contributed by atoms with van der Waals surface area (Å²) in [4.78, 5) is 6.71. The second-order valence-electron chi connectivity index (χ2n) is 5.94. The maximum absolute atomic E-state index is 6.02. The molecule has 1 fully saturated rings. The van der Waals surface area contributed by atoms with E-state index in [0.717, 1.165) is 26.1 Å². The van der Waals surface area contributed by atoms with E-state index in [4.69, 9.17) is 16.3 Å². The fourth-order valence-electron chi connectivity index (χ4n) is 2.98. The van der Waals surface area contributed by atoms with E-state index in [2.05, 4.69) is 47.1 Å². The summed E-state index contributed by atoms with van der Waals surface area (Å²) < 4.78 is 6.02. The molecule has 0 radical (unpaired) electrons. The van der Waals surface area contributed by atoms with Gasteiger partial charge in [-0.2, -0.15) is 0 Å². The Hall–Kier alpha value is -1.58. The topological polar surface area (TPSA) is 25.4 Å². The summed E-state index contributed by atoms with van der Waals surface area (Å²) in [6.07, 6.45) is 1.22. The fraction of sp³-hybridized carbons (Fsp3) is 0.389. The van der Waals surface area contributed by atoms with Crippen LogP contribution in [0.25, 0.3) is 0 Å². The number of hydrogen-bond donors (Lipinski definition) is 0. The van der Waals surface area contributed by atoms with E-state index < -0.39 is 0 Å². The number of piperidine rings is 1. The quantitative estimate of drug-likeness (QED) is 0.796. The zero-order chi connectivity index (χ0) is 15.4. The van der Waals surface area contributed by atoms with Crippen molar-refractivity contribution in [3.8, 4) is 5.88 Å². The van der Waals surface area contributed by atoms with Crippen molar-refractivity contribution in [3.63, 3.8) is 0 Å². The lowest BCUT2D eigenvalue weighted by atomic mass is 9.96.